The van der Waals surface area contributed by atoms with Gasteiger partial charge in [-0.25, -0.2) is 9.97 Å². The van der Waals surface area contributed by atoms with E-state index in [1.54, 1.807) is 12.1 Å². The molecule has 9 heteroatoms. The van der Waals surface area contributed by atoms with E-state index in [1.165, 1.54) is 12.5 Å². The van der Waals surface area contributed by atoms with Crippen molar-refractivity contribution in [2.24, 2.45) is 5.73 Å². The summed E-state index contributed by atoms with van der Waals surface area (Å²) in [5.41, 5.74) is 14.2. The Hall–Kier alpha value is -4.27. The van der Waals surface area contributed by atoms with Gasteiger partial charge in [0.05, 0.1) is 22.8 Å². The molecule has 0 atom stereocenters. The molecule has 30 heavy (non-hydrogen) atoms. The highest BCUT2D eigenvalue weighted by Gasteiger charge is 2.13. The standard InChI is InChI=1S/C21H19N7O2/c22-19-16(10-27-28-19)17(29)8-12-3-1-4-13(7-12)9-24-21-15-6-2-5-14(20(23)30)18(15)25-11-26-21/h1-7,10-11H,8-9H2,(H2,23,30)(H3,22,27,28)(H,24,25,26). The minimum atomic E-state index is -0.541. The molecule has 2 aromatic carbocycles. The summed E-state index contributed by atoms with van der Waals surface area (Å²) in [5, 5.41) is 10.3. The minimum absolute atomic E-state index is 0.105. The van der Waals surface area contributed by atoms with E-state index in [4.69, 9.17) is 11.5 Å². The number of nitrogen functional groups attached to an aromatic ring is 1. The van der Waals surface area contributed by atoms with Crippen LogP contribution >= 0.6 is 0 Å². The Balaban J connectivity index is 1.52. The lowest BCUT2D eigenvalue weighted by Gasteiger charge is -2.10. The maximum absolute atomic E-state index is 12.4. The Morgan fingerprint density at radius 2 is 1.83 bits per heavy atom. The Labute approximate surface area is 171 Å². The highest BCUT2D eigenvalue weighted by Crippen LogP contribution is 2.23. The fourth-order valence-electron chi connectivity index (χ4n) is 3.26. The normalized spacial score (nSPS) is 10.8. The number of ketones is 1. The molecule has 0 aliphatic carbocycles. The third-order valence-corrected chi connectivity index (χ3v) is 4.72. The number of benzene rings is 2. The highest BCUT2D eigenvalue weighted by molar-refractivity contribution is 6.06. The second-order valence-corrected chi connectivity index (χ2v) is 6.76. The van der Waals surface area contributed by atoms with Crippen LogP contribution < -0.4 is 16.8 Å². The summed E-state index contributed by atoms with van der Waals surface area (Å²) < 4.78 is 0. The average molecular weight is 401 g/mol. The number of primary amides is 1. The number of nitrogens with zero attached hydrogens (tertiary/aromatic N) is 3. The number of para-hydroxylation sites is 1. The van der Waals surface area contributed by atoms with E-state index >= 15 is 0 Å². The molecular formula is C21H19N7O2. The number of carbonyl (C=O) groups excluding carboxylic acids is 2. The summed E-state index contributed by atoms with van der Waals surface area (Å²) >= 11 is 0. The van der Waals surface area contributed by atoms with Crippen LogP contribution in [0.2, 0.25) is 0 Å². The molecule has 4 aromatic rings. The number of Topliss-reactive ketones (excluding diaryl/α,β-unsaturated/α-hetero) is 1. The van der Waals surface area contributed by atoms with E-state index in [0.717, 1.165) is 11.1 Å². The molecule has 0 unspecified atom stereocenters. The number of anilines is 2. The number of carbonyl (C=O) groups is 2. The lowest BCUT2D eigenvalue weighted by molar-refractivity contribution is 0.0988. The van der Waals surface area contributed by atoms with E-state index < -0.39 is 5.91 Å². The van der Waals surface area contributed by atoms with Gasteiger partial charge in [0.2, 0.25) is 0 Å². The van der Waals surface area contributed by atoms with Crippen molar-refractivity contribution in [3.63, 3.8) is 0 Å². The van der Waals surface area contributed by atoms with Gasteiger partial charge in [-0.2, -0.15) is 5.10 Å². The van der Waals surface area contributed by atoms with Crippen LogP contribution in [0.4, 0.5) is 11.6 Å². The topological polar surface area (TPSA) is 153 Å². The zero-order valence-electron chi connectivity index (χ0n) is 15.9. The summed E-state index contributed by atoms with van der Waals surface area (Å²) in [6.45, 7) is 0.475. The molecule has 1 amide bonds. The quantitative estimate of drug-likeness (QED) is 0.346. The molecule has 4 rings (SSSR count). The third kappa shape index (κ3) is 3.81. The van der Waals surface area contributed by atoms with Crippen molar-refractivity contribution in [2.75, 3.05) is 11.1 Å². The molecular weight excluding hydrogens is 382 g/mol. The molecule has 0 spiro atoms. The number of hydrogen-bond donors (Lipinski definition) is 4. The van der Waals surface area contributed by atoms with E-state index in [9.17, 15) is 9.59 Å². The Bertz CT molecular complexity index is 1250. The number of nitrogens with one attached hydrogen (secondary N) is 2. The lowest BCUT2D eigenvalue weighted by atomic mass is 10.0. The number of amides is 1. The van der Waals surface area contributed by atoms with E-state index in [-0.39, 0.29) is 18.0 Å². The van der Waals surface area contributed by atoms with Crippen molar-refractivity contribution >= 4 is 34.2 Å². The fraction of sp³-hybridized carbons (Fsp3) is 0.0952. The zero-order chi connectivity index (χ0) is 21.1. The van der Waals surface area contributed by atoms with Crippen LogP contribution in [0.25, 0.3) is 10.9 Å². The van der Waals surface area contributed by atoms with Gasteiger partial charge in [0.15, 0.2) is 5.78 Å². The molecule has 2 heterocycles. The maximum atomic E-state index is 12.4. The number of hydrogen-bond acceptors (Lipinski definition) is 7. The molecule has 150 valence electrons. The highest BCUT2D eigenvalue weighted by atomic mass is 16.1. The van der Waals surface area contributed by atoms with Crippen molar-refractivity contribution < 1.29 is 9.59 Å². The Kier molecular flexibility index (Phi) is 5.08. The minimum Gasteiger partial charge on any atom is -0.383 e. The van der Waals surface area contributed by atoms with Gasteiger partial charge in [-0.1, -0.05) is 30.3 Å². The van der Waals surface area contributed by atoms with Crippen molar-refractivity contribution in [1.29, 1.82) is 0 Å². The van der Waals surface area contributed by atoms with Crippen molar-refractivity contribution in [1.82, 2.24) is 20.2 Å². The molecule has 0 radical (unpaired) electrons. The first kappa shape index (κ1) is 19.1. The largest absolute Gasteiger partial charge is 0.383 e. The lowest BCUT2D eigenvalue weighted by Crippen LogP contribution is -2.12. The van der Waals surface area contributed by atoms with Gasteiger partial charge in [0, 0.05) is 18.4 Å². The van der Waals surface area contributed by atoms with Crippen LogP contribution in [0, 0.1) is 0 Å². The van der Waals surface area contributed by atoms with Crippen molar-refractivity contribution in [2.45, 2.75) is 13.0 Å². The molecule has 9 nitrogen and oxygen atoms in total. The summed E-state index contributed by atoms with van der Waals surface area (Å²) in [6, 6.07) is 12.9. The summed E-state index contributed by atoms with van der Waals surface area (Å²) in [5.74, 6) is 0.215. The first-order chi connectivity index (χ1) is 14.5. The SMILES string of the molecule is NC(=O)c1cccc2c(NCc3cccc(CC(=O)c4cn[nH]c4N)c3)ncnc12. The van der Waals surface area contributed by atoms with Gasteiger partial charge in [-0.15, -0.1) is 0 Å². The third-order valence-electron chi connectivity index (χ3n) is 4.72. The number of aromatic nitrogens is 4. The van der Waals surface area contributed by atoms with E-state index in [1.807, 2.05) is 30.3 Å². The molecule has 6 N–H and O–H groups in total. The summed E-state index contributed by atoms with van der Waals surface area (Å²) in [7, 11) is 0. The van der Waals surface area contributed by atoms with Gasteiger partial charge in [0.25, 0.3) is 5.91 Å². The summed E-state index contributed by atoms with van der Waals surface area (Å²) in [4.78, 5) is 32.5. The second-order valence-electron chi connectivity index (χ2n) is 6.76. The van der Waals surface area contributed by atoms with Gasteiger partial charge in [-0.05, 0) is 23.3 Å². The number of H-pyrrole nitrogens is 1. The fourth-order valence-corrected chi connectivity index (χ4v) is 3.26. The number of rotatable bonds is 7. The van der Waals surface area contributed by atoms with Crippen molar-refractivity contribution in [3.05, 3.63) is 77.2 Å². The van der Waals surface area contributed by atoms with Crippen LogP contribution in [0.15, 0.2) is 55.0 Å². The van der Waals surface area contributed by atoms with E-state index in [2.05, 4.69) is 25.5 Å². The molecule has 0 aliphatic heterocycles. The average Bonchev–Trinajstić information content (AvgIpc) is 3.18. The number of fused-ring (bicyclic) bond motifs is 1. The van der Waals surface area contributed by atoms with E-state index in [0.29, 0.717) is 34.4 Å². The molecule has 0 aliphatic rings. The maximum Gasteiger partial charge on any atom is 0.250 e. The predicted molar refractivity (Wildman–Crippen MR) is 113 cm³/mol. The number of aromatic amines is 1. The van der Waals surface area contributed by atoms with Crippen LogP contribution in [-0.2, 0) is 13.0 Å². The van der Waals surface area contributed by atoms with Crippen LogP contribution in [0.5, 0.6) is 0 Å². The molecule has 2 aromatic heterocycles. The number of nitrogens with two attached hydrogens (primary N) is 2. The Morgan fingerprint density at radius 3 is 2.60 bits per heavy atom. The predicted octanol–water partition coefficient (Wildman–Crippen LogP) is 2.07. The van der Waals surface area contributed by atoms with Crippen LogP contribution in [-0.4, -0.2) is 31.9 Å². The Morgan fingerprint density at radius 1 is 1.03 bits per heavy atom. The second kappa shape index (κ2) is 8.00. The van der Waals surface area contributed by atoms with Crippen LogP contribution in [0.1, 0.15) is 31.8 Å². The van der Waals surface area contributed by atoms with Gasteiger partial charge >= 0.3 is 0 Å². The van der Waals surface area contributed by atoms with Gasteiger partial charge in [0.1, 0.15) is 18.0 Å². The smallest absolute Gasteiger partial charge is 0.250 e. The van der Waals surface area contributed by atoms with Crippen molar-refractivity contribution in [3.8, 4) is 0 Å². The summed E-state index contributed by atoms with van der Waals surface area (Å²) in [6.07, 6.45) is 3.04. The zero-order valence-corrected chi connectivity index (χ0v) is 15.9. The molecule has 0 bridgehead atoms. The molecule has 0 fully saturated rings. The van der Waals surface area contributed by atoms with Gasteiger partial charge in [-0.3, -0.25) is 14.7 Å². The monoisotopic (exact) mass is 401 g/mol. The first-order valence-corrected chi connectivity index (χ1v) is 9.20. The molecule has 0 saturated carbocycles. The van der Waals surface area contributed by atoms with Gasteiger partial charge < -0.3 is 16.8 Å². The van der Waals surface area contributed by atoms with Crippen LogP contribution in [0.3, 0.4) is 0 Å². The molecule has 0 saturated heterocycles. The first-order valence-electron chi connectivity index (χ1n) is 9.20.